The predicted octanol–water partition coefficient (Wildman–Crippen LogP) is 5.54. The lowest BCUT2D eigenvalue weighted by molar-refractivity contribution is 0.0241. The average Bonchev–Trinajstić information content (AvgIpc) is 3.47. The van der Waals surface area contributed by atoms with Gasteiger partial charge in [0.15, 0.2) is 0 Å². The molecule has 0 saturated heterocycles. The normalized spacial score (nSPS) is 19.2. The Hall–Kier alpha value is -3.52. The summed E-state index contributed by atoms with van der Waals surface area (Å²) in [5, 5.41) is 7.75. The number of fused-ring (bicyclic) bond motifs is 2. The zero-order valence-corrected chi connectivity index (χ0v) is 22.7. The van der Waals surface area contributed by atoms with Crippen LogP contribution in [0.15, 0.2) is 42.5 Å². The summed E-state index contributed by atoms with van der Waals surface area (Å²) >= 11 is 6.08. The van der Waals surface area contributed by atoms with Gasteiger partial charge < -0.3 is 20.4 Å². The van der Waals surface area contributed by atoms with Crippen molar-refractivity contribution in [3.05, 3.63) is 69.9 Å². The van der Waals surface area contributed by atoms with Crippen molar-refractivity contribution in [2.24, 2.45) is 0 Å². The van der Waals surface area contributed by atoms with Gasteiger partial charge in [0.05, 0.1) is 0 Å². The second kappa shape index (κ2) is 10.3. The van der Waals surface area contributed by atoms with Crippen molar-refractivity contribution in [2.45, 2.75) is 77.2 Å². The van der Waals surface area contributed by atoms with Gasteiger partial charge >= 0.3 is 6.09 Å². The van der Waals surface area contributed by atoms with Crippen LogP contribution in [0.5, 0.6) is 0 Å². The van der Waals surface area contributed by atoms with E-state index in [0.29, 0.717) is 29.4 Å². The van der Waals surface area contributed by atoms with Gasteiger partial charge in [-0.15, -0.1) is 0 Å². The summed E-state index contributed by atoms with van der Waals surface area (Å²) in [4.78, 5) is 43.5. The summed E-state index contributed by atoms with van der Waals surface area (Å²) in [6.07, 6.45) is 3.18. The first-order valence-corrected chi connectivity index (χ1v) is 13.4. The van der Waals surface area contributed by atoms with Crippen molar-refractivity contribution in [2.75, 3.05) is 0 Å². The van der Waals surface area contributed by atoms with E-state index in [2.05, 4.69) is 15.6 Å². The Labute approximate surface area is 227 Å². The van der Waals surface area contributed by atoms with Crippen molar-refractivity contribution >= 4 is 40.4 Å². The Morgan fingerprint density at radius 3 is 2.32 bits per heavy atom. The number of carbonyl (C=O) groups is 3. The summed E-state index contributed by atoms with van der Waals surface area (Å²) in [7, 11) is 0. The molecule has 1 saturated carbocycles. The Bertz CT molecular complexity index is 1390. The maximum atomic E-state index is 13.2. The molecule has 0 radical (unpaired) electrons. The van der Waals surface area contributed by atoms with Gasteiger partial charge in [0.2, 0.25) is 0 Å². The molecule has 0 spiro atoms. The fraction of sp³-hybridized carbons (Fsp3) is 0.414. The predicted molar refractivity (Wildman–Crippen MR) is 146 cm³/mol. The van der Waals surface area contributed by atoms with E-state index in [1.165, 1.54) is 0 Å². The first-order chi connectivity index (χ1) is 18.1. The van der Waals surface area contributed by atoms with Gasteiger partial charge in [0, 0.05) is 46.7 Å². The SMILES string of the molecule is CC(C)(C)OC(=O)N1Cc2ccc(C(=O)N[C@@H]3CCCC[C@@H]3NC(=O)c3cc4cc(Cl)ccc4[nH]3)cc2C1. The first-order valence-electron chi connectivity index (χ1n) is 13.1. The number of rotatable bonds is 4. The number of ether oxygens (including phenoxy) is 1. The number of aromatic amines is 1. The molecule has 9 heteroatoms. The Morgan fingerprint density at radius 2 is 1.61 bits per heavy atom. The summed E-state index contributed by atoms with van der Waals surface area (Å²) < 4.78 is 5.49. The van der Waals surface area contributed by atoms with Gasteiger partial charge in [-0.05, 0) is 81.1 Å². The molecule has 2 aromatic carbocycles. The minimum atomic E-state index is -0.565. The number of aromatic nitrogens is 1. The van der Waals surface area contributed by atoms with E-state index in [9.17, 15) is 14.4 Å². The standard InChI is InChI=1S/C29H33ClN4O4/c1-29(2,3)38-28(37)34-15-18-9-8-17(12-20(18)16-34)26(35)32-23-6-4-5-7-24(23)33-27(36)25-14-19-13-21(30)10-11-22(19)31-25/h8-14,23-24,31H,4-7,15-16H2,1-3H3,(H,32,35)(H,33,36)/t23-,24+/m1/s1. The average molecular weight is 537 g/mol. The summed E-state index contributed by atoms with van der Waals surface area (Å²) in [6.45, 7) is 6.39. The molecule has 3 N–H and O–H groups in total. The lowest BCUT2D eigenvalue weighted by atomic mass is 9.89. The zero-order chi connectivity index (χ0) is 27.0. The van der Waals surface area contributed by atoms with Gasteiger partial charge in [-0.1, -0.05) is 30.5 Å². The van der Waals surface area contributed by atoms with E-state index in [0.717, 1.165) is 47.7 Å². The smallest absolute Gasteiger partial charge is 0.410 e. The molecule has 1 aliphatic carbocycles. The number of nitrogens with one attached hydrogen (secondary N) is 3. The van der Waals surface area contributed by atoms with Crippen LogP contribution in [0.4, 0.5) is 4.79 Å². The molecule has 1 fully saturated rings. The van der Waals surface area contributed by atoms with Crippen LogP contribution in [0.2, 0.25) is 5.02 Å². The molecular weight excluding hydrogens is 504 g/mol. The molecule has 3 aromatic rings. The van der Waals surface area contributed by atoms with Crippen LogP contribution < -0.4 is 10.6 Å². The van der Waals surface area contributed by atoms with Gasteiger partial charge in [0.1, 0.15) is 11.3 Å². The van der Waals surface area contributed by atoms with Crippen molar-refractivity contribution < 1.29 is 19.1 Å². The largest absolute Gasteiger partial charge is 0.444 e. The molecular formula is C29H33ClN4O4. The lowest BCUT2D eigenvalue weighted by Gasteiger charge is -2.32. The van der Waals surface area contributed by atoms with Crippen LogP contribution in [0.1, 0.15) is 78.4 Å². The molecule has 5 rings (SSSR count). The van der Waals surface area contributed by atoms with Crippen LogP contribution in [0, 0.1) is 0 Å². The van der Waals surface area contributed by atoms with E-state index >= 15 is 0 Å². The van der Waals surface area contributed by atoms with Gasteiger partial charge in [-0.2, -0.15) is 0 Å². The Kier molecular flexibility index (Phi) is 7.09. The second-order valence-corrected chi connectivity index (χ2v) is 11.6. The minimum absolute atomic E-state index is 0.174. The fourth-order valence-corrected chi connectivity index (χ4v) is 5.37. The molecule has 38 heavy (non-hydrogen) atoms. The van der Waals surface area contributed by atoms with Crippen LogP contribution in [0.25, 0.3) is 10.9 Å². The van der Waals surface area contributed by atoms with E-state index in [4.69, 9.17) is 16.3 Å². The molecule has 0 unspecified atom stereocenters. The molecule has 3 amide bonds. The summed E-state index contributed by atoms with van der Waals surface area (Å²) in [5.41, 5.74) is 3.23. The molecule has 0 bridgehead atoms. The lowest BCUT2D eigenvalue weighted by Crippen LogP contribution is -2.53. The van der Waals surface area contributed by atoms with Crippen LogP contribution in [-0.2, 0) is 17.8 Å². The van der Waals surface area contributed by atoms with E-state index in [1.807, 2.05) is 45.0 Å². The van der Waals surface area contributed by atoms with Gasteiger partial charge in [-0.3, -0.25) is 14.5 Å². The van der Waals surface area contributed by atoms with Crippen LogP contribution in [0.3, 0.4) is 0 Å². The van der Waals surface area contributed by atoms with Crippen molar-refractivity contribution in [1.29, 1.82) is 0 Å². The molecule has 1 aliphatic heterocycles. The number of halogens is 1. The third-order valence-corrected chi connectivity index (χ3v) is 7.30. The minimum Gasteiger partial charge on any atom is -0.444 e. The summed E-state index contributed by atoms with van der Waals surface area (Å²) in [5.74, 6) is -0.391. The molecule has 8 nitrogen and oxygen atoms in total. The summed E-state index contributed by atoms with van der Waals surface area (Å²) in [6, 6.07) is 12.4. The zero-order valence-electron chi connectivity index (χ0n) is 21.9. The number of benzene rings is 2. The Morgan fingerprint density at radius 1 is 0.921 bits per heavy atom. The maximum absolute atomic E-state index is 13.2. The van der Waals surface area contributed by atoms with E-state index < -0.39 is 5.60 Å². The van der Waals surface area contributed by atoms with Crippen molar-refractivity contribution in [3.8, 4) is 0 Å². The highest BCUT2D eigenvalue weighted by atomic mass is 35.5. The number of hydrogen-bond acceptors (Lipinski definition) is 4. The maximum Gasteiger partial charge on any atom is 0.410 e. The van der Waals surface area contributed by atoms with Crippen molar-refractivity contribution in [1.82, 2.24) is 20.5 Å². The fourth-order valence-electron chi connectivity index (χ4n) is 5.19. The molecule has 2 aliphatic rings. The van der Waals surface area contributed by atoms with Crippen LogP contribution in [-0.4, -0.2) is 45.5 Å². The highest BCUT2D eigenvalue weighted by Crippen LogP contribution is 2.27. The third-order valence-electron chi connectivity index (χ3n) is 7.07. The number of nitrogens with zero attached hydrogens (tertiary/aromatic N) is 1. The van der Waals surface area contributed by atoms with Gasteiger partial charge in [0.25, 0.3) is 11.8 Å². The first kappa shape index (κ1) is 26.1. The van der Waals surface area contributed by atoms with E-state index in [-0.39, 0.29) is 30.0 Å². The molecule has 1 aromatic heterocycles. The van der Waals surface area contributed by atoms with E-state index in [1.54, 1.807) is 23.1 Å². The monoisotopic (exact) mass is 536 g/mol. The number of H-pyrrole nitrogens is 1. The number of hydrogen-bond donors (Lipinski definition) is 3. The molecule has 2 atom stereocenters. The second-order valence-electron chi connectivity index (χ2n) is 11.2. The van der Waals surface area contributed by atoms with Crippen LogP contribution >= 0.6 is 11.6 Å². The third kappa shape index (κ3) is 5.80. The topological polar surface area (TPSA) is 104 Å². The Balaban J connectivity index is 1.23. The number of carbonyl (C=O) groups excluding carboxylic acids is 3. The van der Waals surface area contributed by atoms with Crippen molar-refractivity contribution in [3.63, 3.8) is 0 Å². The molecule has 200 valence electrons. The number of amides is 3. The highest BCUT2D eigenvalue weighted by Gasteiger charge is 2.31. The quantitative estimate of drug-likeness (QED) is 0.407. The highest BCUT2D eigenvalue weighted by molar-refractivity contribution is 6.31. The van der Waals surface area contributed by atoms with Gasteiger partial charge in [-0.25, -0.2) is 4.79 Å². The molecule has 2 heterocycles.